The van der Waals surface area contributed by atoms with Gasteiger partial charge >= 0.3 is 0 Å². The molecule has 0 fully saturated rings. The fraction of sp³-hybridized carbons (Fsp3) is 0.357. The Balaban J connectivity index is 2.95. The first-order valence-corrected chi connectivity index (χ1v) is 5.81. The van der Waals surface area contributed by atoms with Gasteiger partial charge in [-0.1, -0.05) is 12.1 Å². The topological polar surface area (TPSA) is 54.3 Å². The van der Waals surface area contributed by atoms with E-state index in [4.69, 9.17) is 14.7 Å². The summed E-state index contributed by atoms with van der Waals surface area (Å²) in [5.74, 6) is 1.32. The molecule has 18 heavy (non-hydrogen) atoms. The van der Waals surface area contributed by atoms with Crippen LogP contribution in [-0.2, 0) is 0 Å². The summed E-state index contributed by atoms with van der Waals surface area (Å²) in [4.78, 5) is 0. The minimum absolute atomic E-state index is 0.382. The number of nitrogens with zero attached hydrogens (tertiary/aromatic N) is 1. The Hall–Kier alpha value is -1.99. The number of benzene rings is 1. The standard InChI is InChI=1S/C14H18N2O2/c1-4-8-16-12(10-15)11-6-7-13(18-5-2)14(9-11)17-3/h4,6-7,9,12,16H,1,5,8H2,2-3H3. The van der Waals surface area contributed by atoms with Gasteiger partial charge in [0.1, 0.15) is 6.04 Å². The first-order chi connectivity index (χ1) is 8.76. The fourth-order valence-corrected chi connectivity index (χ4v) is 1.58. The second kappa shape index (κ2) is 7.36. The Kier molecular flexibility index (Phi) is 5.75. The van der Waals surface area contributed by atoms with Gasteiger partial charge < -0.3 is 9.47 Å². The first-order valence-electron chi connectivity index (χ1n) is 5.81. The summed E-state index contributed by atoms with van der Waals surface area (Å²) in [6.45, 7) is 6.68. The normalized spacial score (nSPS) is 11.4. The lowest BCUT2D eigenvalue weighted by Gasteiger charge is -2.14. The third-order valence-electron chi connectivity index (χ3n) is 2.42. The molecular formula is C14H18N2O2. The van der Waals surface area contributed by atoms with Crippen molar-refractivity contribution in [1.29, 1.82) is 5.26 Å². The molecule has 1 unspecified atom stereocenters. The maximum atomic E-state index is 9.12. The van der Waals surface area contributed by atoms with E-state index in [0.717, 1.165) is 5.56 Å². The Morgan fingerprint density at radius 1 is 1.50 bits per heavy atom. The summed E-state index contributed by atoms with van der Waals surface area (Å²) in [6, 6.07) is 7.31. The highest BCUT2D eigenvalue weighted by atomic mass is 16.5. The predicted octanol–water partition coefficient (Wildman–Crippen LogP) is 2.43. The van der Waals surface area contributed by atoms with Crippen LogP contribution in [0.5, 0.6) is 11.5 Å². The highest BCUT2D eigenvalue weighted by Gasteiger charge is 2.12. The van der Waals surface area contributed by atoms with Crippen LogP contribution in [0.15, 0.2) is 30.9 Å². The number of ether oxygens (including phenoxy) is 2. The Bertz CT molecular complexity index is 438. The molecule has 1 atom stereocenters. The van der Waals surface area contributed by atoms with Crippen LogP contribution in [-0.4, -0.2) is 20.3 Å². The van der Waals surface area contributed by atoms with Crippen molar-refractivity contribution in [3.05, 3.63) is 36.4 Å². The number of methoxy groups -OCH3 is 1. The molecular weight excluding hydrogens is 228 g/mol. The van der Waals surface area contributed by atoms with E-state index >= 15 is 0 Å². The molecule has 4 nitrogen and oxygen atoms in total. The third-order valence-corrected chi connectivity index (χ3v) is 2.42. The molecule has 0 heterocycles. The molecule has 1 aromatic rings. The molecule has 1 N–H and O–H groups in total. The van der Waals surface area contributed by atoms with Crippen LogP contribution >= 0.6 is 0 Å². The maximum Gasteiger partial charge on any atom is 0.161 e. The average molecular weight is 246 g/mol. The van der Waals surface area contributed by atoms with Gasteiger partial charge in [-0.15, -0.1) is 6.58 Å². The minimum atomic E-state index is -0.382. The van der Waals surface area contributed by atoms with E-state index in [1.165, 1.54) is 0 Å². The zero-order chi connectivity index (χ0) is 13.4. The molecule has 96 valence electrons. The Morgan fingerprint density at radius 2 is 2.28 bits per heavy atom. The average Bonchev–Trinajstić information content (AvgIpc) is 2.41. The molecule has 1 rings (SSSR count). The van der Waals surface area contributed by atoms with Gasteiger partial charge in [-0.3, -0.25) is 5.32 Å². The lowest BCUT2D eigenvalue weighted by molar-refractivity contribution is 0.310. The molecule has 0 amide bonds. The molecule has 0 saturated carbocycles. The maximum absolute atomic E-state index is 9.12. The fourth-order valence-electron chi connectivity index (χ4n) is 1.58. The van der Waals surface area contributed by atoms with E-state index in [0.29, 0.717) is 24.7 Å². The van der Waals surface area contributed by atoms with E-state index in [9.17, 15) is 0 Å². The lowest BCUT2D eigenvalue weighted by Crippen LogP contribution is -2.19. The van der Waals surface area contributed by atoms with Crippen molar-refractivity contribution < 1.29 is 9.47 Å². The Morgan fingerprint density at radius 3 is 2.83 bits per heavy atom. The van der Waals surface area contributed by atoms with Crippen LogP contribution in [0, 0.1) is 11.3 Å². The predicted molar refractivity (Wildman–Crippen MR) is 70.7 cm³/mol. The SMILES string of the molecule is C=CCNC(C#N)c1ccc(OCC)c(OC)c1. The van der Waals surface area contributed by atoms with Gasteiger partial charge in [0, 0.05) is 6.54 Å². The van der Waals surface area contributed by atoms with Crippen molar-refractivity contribution in [2.75, 3.05) is 20.3 Å². The van der Waals surface area contributed by atoms with Crippen LogP contribution in [0.1, 0.15) is 18.5 Å². The lowest BCUT2D eigenvalue weighted by atomic mass is 10.1. The van der Waals surface area contributed by atoms with Gasteiger partial charge in [0.15, 0.2) is 11.5 Å². The monoisotopic (exact) mass is 246 g/mol. The van der Waals surface area contributed by atoms with Crippen molar-refractivity contribution in [2.24, 2.45) is 0 Å². The van der Waals surface area contributed by atoms with Gasteiger partial charge in [-0.25, -0.2) is 0 Å². The van der Waals surface area contributed by atoms with Gasteiger partial charge in [0.25, 0.3) is 0 Å². The van der Waals surface area contributed by atoms with Crippen molar-refractivity contribution in [2.45, 2.75) is 13.0 Å². The van der Waals surface area contributed by atoms with Crippen molar-refractivity contribution in [3.63, 3.8) is 0 Å². The zero-order valence-electron chi connectivity index (χ0n) is 10.8. The van der Waals surface area contributed by atoms with Crippen LogP contribution in [0.2, 0.25) is 0 Å². The van der Waals surface area contributed by atoms with Gasteiger partial charge in [-0.2, -0.15) is 5.26 Å². The van der Waals surface area contributed by atoms with E-state index in [-0.39, 0.29) is 6.04 Å². The summed E-state index contributed by atoms with van der Waals surface area (Å²) < 4.78 is 10.7. The molecule has 1 aromatic carbocycles. The van der Waals surface area contributed by atoms with E-state index < -0.39 is 0 Å². The van der Waals surface area contributed by atoms with Crippen molar-refractivity contribution in [3.8, 4) is 17.6 Å². The van der Waals surface area contributed by atoms with E-state index in [1.807, 2.05) is 25.1 Å². The molecule has 0 radical (unpaired) electrons. The van der Waals surface area contributed by atoms with Gasteiger partial charge in [0.05, 0.1) is 19.8 Å². The van der Waals surface area contributed by atoms with Gasteiger partial charge in [-0.05, 0) is 24.6 Å². The summed E-state index contributed by atoms with van der Waals surface area (Å²) in [5, 5.41) is 12.2. The minimum Gasteiger partial charge on any atom is -0.493 e. The number of rotatable bonds is 7. The second-order valence-electron chi connectivity index (χ2n) is 3.60. The smallest absolute Gasteiger partial charge is 0.161 e. The van der Waals surface area contributed by atoms with E-state index in [2.05, 4.69) is 18.0 Å². The quantitative estimate of drug-likeness (QED) is 0.751. The largest absolute Gasteiger partial charge is 0.493 e. The molecule has 0 aliphatic rings. The summed E-state index contributed by atoms with van der Waals surface area (Å²) >= 11 is 0. The second-order valence-corrected chi connectivity index (χ2v) is 3.60. The van der Waals surface area contributed by atoms with Gasteiger partial charge in [0.2, 0.25) is 0 Å². The number of hydrogen-bond donors (Lipinski definition) is 1. The molecule has 0 aromatic heterocycles. The third kappa shape index (κ3) is 3.51. The molecule has 0 aliphatic heterocycles. The van der Waals surface area contributed by atoms with Crippen molar-refractivity contribution in [1.82, 2.24) is 5.32 Å². The van der Waals surface area contributed by atoms with Crippen LogP contribution in [0.25, 0.3) is 0 Å². The number of nitriles is 1. The molecule has 4 heteroatoms. The molecule has 0 spiro atoms. The summed E-state index contributed by atoms with van der Waals surface area (Å²) in [7, 11) is 1.58. The summed E-state index contributed by atoms with van der Waals surface area (Å²) in [5.41, 5.74) is 0.847. The van der Waals surface area contributed by atoms with Crippen LogP contribution in [0.4, 0.5) is 0 Å². The number of nitrogens with one attached hydrogen (secondary N) is 1. The first kappa shape index (κ1) is 14.1. The van der Waals surface area contributed by atoms with Crippen LogP contribution in [0.3, 0.4) is 0 Å². The van der Waals surface area contributed by atoms with Crippen LogP contribution < -0.4 is 14.8 Å². The van der Waals surface area contributed by atoms with Crippen molar-refractivity contribution >= 4 is 0 Å². The highest BCUT2D eigenvalue weighted by molar-refractivity contribution is 5.44. The zero-order valence-corrected chi connectivity index (χ0v) is 10.8. The Labute approximate surface area is 108 Å². The summed E-state index contributed by atoms with van der Waals surface area (Å²) in [6.07, 6.45) is 1.72. The highest BCUT2D eigenvalue weighted by Crippen LogP contribution is 2.30. The number of hydrogen-bond acceptors (Lipinski definition) is 4. The van der Waals surface area contributed by atoms with E-state index in [1.54, 1.807) is 13.2 Å². The molecule has 0 saturated heterocycles. The molecule has 0 aliphatic carbocycles. The molecule has 0 bridgehead atoms.